The van der Waals surface area contributed by atoms with Crippen molar-refractivity contribution < 1.29 is 0 Å². The van der Waals surface area contributed by atoms with Gasteiger partial charge in [0.2, 0.25) is 0 Å². The molecule has 4 heteroatoms. The zero-order valence-electron chi connectivity index (χ0n) is 7.24. The van der Waals surface area contributed by atoms with E-state index in [1.54, 1.807) is 10.9 Å². The molecule has 0 N–H and O–H groups in total. The molecular weight excluding hydrogens is 232 g/mol. The van der Waals surface area contributed by atoms with Crippen molar-refractivity contribution in [2.45, 2.75) is 25.8 Å². The maximum absolute atomic E-state index is 11.5. The highest BCUT2D eigenvalue weighted by Gasteiger charge is 2.20. The van der Waals surface area contributed by atoms with E-state index in [0.29, 0.717) is 4.47 Å². The average Bonchev–Trinajstić information content (AvgIpc) is 2.91. The number of hydrogen-bond donors (Lipinski definition) is 0. The molecular formula is C9H11BrN2O. The van der Waals surface area contributed by atoms with E-state index in [1.165, 1.54) is 19.0 Å². The SMILES string of the molecule is O=c1c(Br)cncn1CCC1CC1. The summed E-state index contributed by atoms with van der Waals surface area (Å²) < 4.78 is 2.22. The summed E-state index contributed by atoms with van der Waals surface area (Å²) in [6.45, 7) is 0.802. The van der Waals surface area contributed by atoms with Crippen molar-refractivity contribution in [1.82, 2.24) is 9.55 Å². The van der Waals surface area contributed by atoms with Crippen LogP contribution in [0, 0.1) is 5.92 Å². The van der Waals surface area contributed by atoms with Crippen LogP contribution in [0.1, 0.15) is 19.3 Å². The molecule has 1 aliphatic carbocycles. The van der Waals surface area contributed by atoms with Crippen molar-refractivity contribution >= 4 is 15.9 Å². The Balaban J connectivity index is 2.09. The van der Waals surface area contributed by atoms with E-state index >= 15 is 0 Å². The second-order valence-electron chi connectivity index (χ2n) is 3.47. The molecule has 0 unspecified atom stereocenters. The molecule has 0 saturated heterocycles. The molecule has 1 heterocycles. The van der Waals surface area contributed by atoms with E-state index in [1.807, 2.05) is 0 Å². The van der Waals surface area contributed by atoms with Crippen molar-refractivity contribution in [2.75, 3.05) is 0 Å². The number of halogens is 1. The summed E-state index contributed by atoms with van der Waals surface area (Å²) in [5.74, 6) is 0.853. The summed E-state index contributed by atoms with van der Waals surface area (Å²) in [6.07, 6.45) is 6.91. The van der Waals surface area contributed by atoms with Crippen molar-refractivity contribution in [3.8, 4) is 0 Å². The summed E-state index contributed by atoms with van der Waals surface area (Å²) in [4.78, 5) is 15.4. The van der Waals surface area contributed by atoms with Crippen LogP contribution in [0.4, 0.5) is 0 Å². The fourth-order valence-electron chi connectivity index (χ4n) is 1.31. The Bertz CT molecular complexity index is 357. The summed E-state index contributed by atoms with van der Waals surface area (Å²) in [5.41, 5.74) is 0.0238. The first-order valence-electron chi connectivity index (χ1n) is 4.47. The van der Waals surface area contributed by atoms with Gasteiger partial charge in [0, 0.05) is 12.7 Å². The van der Waals surface area contributed by atoms with Gasteiger partial charge in [-0.3, -0.25) is 9.36 Å². The fourth-order valence-corrected chi connectivity index (χ4v) is 1.66. The minimum absolute atomic E-state index is 0.0238. The minimum atomic E-state index is 0.0238. The Morgan fingerprint density at radius 3 is 3.08 bits per heavy atom. The predicted molar refractivity (Wildman–Crippen MR) is 53.5 cm³/mol. The molecule has 0 aromatic carbocycles. The van der Waals surface area contributed by atoms with Crippen LogP contribution in [-0.2, 0) is 6.54 Å². The molecule has 0 spiro atoms. The van der Waals surface area contributed by atoms with Crippen molar-refractivity contribution in [2.24, 2.45) is 5.92 Å². The van der Waals surface area contributed by atoms with Crippen LogP contribution in [0.3, 0.4) is 0 Å². The van der Waals surface area contributed by atoms with Crippen LogP contribution in [0.2, 0.25) is 0 Å². The van der Waals surface area contributed by atoms with Gasteiger partial charge in [-0.05, 0) is 28.3 Å². The summed E-state index contributed by atoms with van der Waals surface area (Å²) in [6, 6.07) is 0. The van der Waals surface area contributed by atoms with Gasteiger partial charge < -0.3 is 0 Å². The Hall–Kier alpha value is -0.640. The third-order valence-corrected chi connectivity index (χ3v) is 2.88. The van der Waals surface area contributed by atoms with Gasteiger partial charge in [0.1, 0.15) is 4.47 Å². The smallest absolute Gasteiger partial charge is 0.267 e. The van der Waals surface area contributed by atoms with E-state index in [9.17, 15) is 4.79 Å². The largest absolute Gasteiger partial charge is 0.298 e. The molecule has 70 valence electrons. The molecule has 1 aromatic rings. The van der Waals surface area contributed by atoms with Gasteiger partial charge in [-0.1, -0.05) is 12.8 Å². The first kappa shape index (κ1) is 8.94. The Morgan fingerprint density at radius 2 is 2.38 bits per heavy atom. The number of nitrogens with zero attached hydrogens (tertiary/aromatic N) is 2. The number of rotatable bonds is 3. The van der Waals surface area contributed by atoms with E-state index in [2.05, 4.69) is 20.9 Å². The fraction of sp³-hybridized carbons (Fsp3) is 0.556. The average molecular weight is 243 g/mol. The summed E-state index contributed by atoms with van der Waals surface area (Å²) in [5, 5.41) is 0. The Kier molecular flexibility index (Phi) is 2.49. The van der Waals surface area contributed by atoms with Crippen LogP contribution in [0.5, 0.6) is 0 Å². The first-order chi connectivity index (χ1) is 6.27. The zero-order chi connectivity index (χ0) is 9.26. The normalized spacial score (nSPS) is 16.1. The maximum atomic E-state index is 11.5. The van der Waals surface area contributed by atoms with E-state index < -0.39 is 0 Å². The van der Waals surface area contributed by atoms with Crippen LogP contribution in [0.25, 0.3) is 0 Å². The van der Waals surface area contributed by atoms with Crippen LogP contribution >= 0.6 is 15.9 Å². The number of aromatic nitrogens is 2. The first-order valence-corrected chi connectivity index (χ1v) is 5.26. The number of hydrogen-bond acceptors (Lipinski definition) is 2. The Labute approximate surface area is 84.9 Å². The molecule has 0 atom stereocenters. The Morgan fingerprint density at radius 1 is 1.62 bits per heavy atom. The quantitative estimate of drug-likeness (QED) is 0.811. The second-order valence-corrected chi connectivity index (χ2v) is 4.33. The maximum Gasteiger partial charge on any atom is 0.267 e. The highest BCUT2D eigenvalue weighted by molar-refractivity contribution is 9.10. The minimum Gasteiger partial charge on any atom is -0.298 e. The second kappa shape index (κ2) is 3.62. The summed E-state index contributed by atoms with van der Waals surface area (Å²) >= 11 is 3.17. The molecule has 3 nitrogen and oxygen atoms in total. The zero-order valence-corrected chi connectivity index (χ0v) is 8.83. The van der Waals surface area contributed by atoms with Crippen molar-refractivity contribution in [3.05, 3.63) is 27.4 Å². The monoisotopic (exact) mass is 242 g/mol. The van der Waals surface area contributed by atoms with Crippen molar-refractivity contribution in [3.63, 3.8) is 0 Å². The molecule has 1 aromatic heterocycles. The summed E-state index contributed by atoms with van der Waals surface area (Å²) in [7, 11) is 0. The van der Waals surface area contributed by atoms with E-state index in [-0.39, 0.29) is 5.56 Å². The third kappa shape index (κ3) is 2.18. The van der Waals surface area contributed by atoms with Crippen molar-refractivity contribution in [1.29, 1.82) is 0 Å². The molecule has 1 fully saturated rings. The molecule has 13 heavy (non-hydrogen) atoms. The van der Waals surface area contributed by atoms with Gasteiger partial charge in [-0.2, -0.15) is 0 Å². The van der Waals surface area contributed by atoms with Gasteiger partial charge in [-0.15, -0.1) is 0 Å². The van der Waals surface area contributed by atoms with Gasteiger partial charge in [0.05, 0.1) is 6.33 Å². The lowest BCUT2D eigenvalue weighted by Crippen LogP contribution is -2.20. The molecule has 0 radical (unpaired) electrons. The topological polar surface area (TPSA) is 34.9 Å². The highest BCUT2D eigenvalue weighted by atomic mass is 79.9. The van der Waals surface area contributed by atoms with Gasteiger partial charge >= 0.3 is 0 Å². The number of aryl methyl sites for hydroxylation is 1. The van der Waals surface area contributed by atoms with Gasteiger partial charge in [0.25, 0.3) is 5.56 Å². The predicted octanol–water partition coefficient (Wildman–Crippen LogP) is 1.81. The van der Waals surface area contributed by atoms with Gasteiger partial charge in [0.15, 0.2) is 0 Å². The van der Waals surface area contributed by atoms with Crippen LogP contribution in [-0.4, -0.2) is 9.55 Å². The highest BCUT2D eigenvalue weighted by Crippen LogP contribution is 2.32. The molecule has 0 amide bonds. The lowest BCUT2D eigenvalue weighted by atomic mass is 10.3. The molecule has 1 saturated carbocycles. The third-order valence-electron chi connectivity index (χ3n) is 2.33. The lowest BCUT2D eigenvalue weighted by molar-refractivity contribution is 0.571. The van der Waals surface area contributed by atoms with E-state index in [0.717, 1.165) is 18.9 Å². The molecule has 0 aliphatic heterocycles. The molecule has 0 bridgehead atoms. The van der Waals surface area contributed by atoms with Crippen LogP contribution in [0.15, 0.2) is 21.8 Å². The van der Waals surface area contributed by atoms with Gasteiger partial charge in [-0.25, -0.2) is 4.98 Å². The van der Waals surface area contributed by atoms with E-state index in [4.69, 9.17) is 0 Å². The lowest BCUT2D eigenvalue weighted by Gasteiger charge is -2.03. The molecule has 2 rings (SSSR count). The van der Waals surface area contributed by atoms with Crippen LogP contribution < -0.4 is 5.56 Å². The standard InChI is InChI=1S/C9H11BrN2O/c10-8-5-11-6-12(9(8)13)4-3-7-1-2-7/h5-7H,1-4H2. The molecule has 1 aliphatic rings.